The van der Waals surface area contributed by atoms with Gasteiger partial charge in [-0.2, -0.15) is 0 Å². The Hall–Kier alpha value is -2.15. The SMILES string of the molecule is Cc1c(N2CCC(OCC3(C)CC3)CC2)nc2c(c1C)C(=O)N(CC(=O)O)C2. The Labute approximate surface area is 165 Å². The van der Waals surface area contributed by atoms with E-state index in [2.05, 4.69) is 11.8 Å². The van der Waals surface area contributed by atoms with Gasteiger partial charge in [-0.15, -0.1) is 0 Å². The van der Waals surface area contributed by atoms with Crippen molar-refractivity contribution in [1.82, 2.24) is 9.88 Å². The molecule has 1 aliphatic carbocycles. The quantitative estimate of drug-likeness (QED) is 0.808. The molecular weight excluding hydrogens is 358 g/mol. The van der Waals surface area contributed by atoms with Crippen molar-refractivity contribution in [2.75, 3.05) is 31.1 Å². The summed E-state index contributed by atoms with van der Waals surface area (Å²) in [6.07, 6.45) is 4.84. The number of nitrogens with zero attached hydrogens (tertiary/aromatic N) is 3. The number of amides is 1. The maximum absolute atomic E-state index is 12.6. The Bertz CT molecular complexity index is 810. The van der Waals surface area contributed by atoms with E-state index in [1.165, 1.54) is 17.7 Å². The van der Waals surface area contributed by atoms with E-state index in [0.29, 0.717) is 22.8 Å². The smallest absolute Gasteiger partial charge is 0.323 e. The molecule has 0 unspecified atom stereocenters. The average Bonchev–Trinajstić information content (AvgIpc) is 3.32. The van der Waals surface area contributed by atoms with Gasteiger partial charge in [0.25, 0.3) is 5.91 Å². The van der Waals surface area contributed by atoms with E-state index in [-0.39, 0.29) is 19.0 Å². The van der Waals surface area contributed by atoms with Crippen LogP contribution in [-0.4, -0.2) is 59.2 Å². The molecule has 3 aliphatic rings. The van der Waals surface area contributed by atoms with Gasteiger partial charge in [-0.25, -0.2) is 4.98 Å². The number of hydrogen-bond acceptors (Lipinski definition) is 5. The van der Waals surface area contributed by atoms with Crippen LogP contribution >= 0.6 is 0 Å². The van der Waals surface area contributed by atoms with Gasteiger partial charge in [0, 0.05) is 13.1 Å². The Morgan fingerprint density at radius 1 is 1.25 bits per heavy atom. The van der Waals surface area contributed by atoms with Gasteiger partial charge in [-0.05, 0) is 56.1 Å². The zero-order valence-electron chi connectivity index (χ0n) is 17.0. The Morgan fingerprint density at radius 3 is 2.54 bits per heavy atom. The molecular formula is C21H29N3O4. The fraction of sp³-hybridized carbons (Fsp3) is 0.667. The van der Waals surface area contributed by atoms with Crippen LogP contribution in [-0.2, 0) is 16.1 Å². The van der Waals surface area contributed by atoms with Crippen LogP contribution in [0, 0.1) is 19.3 Å². The van der Waals surface area contributed by atoms with Crippen molar-refractivity contribution in [3.8, 4) is 0 Å². The third kappa shape index (κ3) is 3.60. The molecule has 1 aromatic heterocycles. The standard InChI is InChI=1S/C21H29N3O4/c1-13-14(2)19(22-16-10-24(11-17(25)26)20(27)18(13)16)23-8-4-15(5-9-23)28-12-21(3)6-7-21/h15H,4-12H2,1-3H3,(H,25,26). The monoisotopic (exact) mass is 387 g/mol. The molecule has 2 fully saturated rings. The third-order valence-electron chi connectivity index (χ3n) is 6.48. The van der Waals surface area contributed by atoms with Crippen molar-refractivity contribution < 1.29 is 19.4 Å². The summed E-state index contributed by atoms with van der Waals surface area (Å²) in [6, 6.07) is 0. The van der Waals surface area contributed by atoms with E-state index in [9.17, 15) is 9.59 Å². The third-order valence-corrected chi connectivity index (χ3v) is 6.48. The highest BCUT2D eigenvalue weighted by Crippen LogP contribution is 2.45. The molecule has 7 heteroatoms. The second-order valence-electron chi connectivity index (χ2n) is 8.87. The number of aromatic nitrogens is 1. The van der Waals surface area contributed by atoms with Crippen molar-refractivity contribution in [2.45, 2.75) is 59.1 Å². The van der Waals surface area contributed by atoms with Crippen LogP contribution in [0.3, 0.4) is 0 Å². The van der Waals surface area contributed by atoms with Crippen molar-refractivity contribution >= 4 is 17.7 Å². The summed E-state index contributed by atoms with van der Waals surface area (Å²) >= 11 is 0. The predicted molar refractivity (Wildman–Crippen MR) is 105 cm³/mol. The van der Waals surface area contributed by atoms with E-state index >= 15 is 0 Å². The molecule has 0 bridgehead atoms. The van der Waals surface area contributed by atoms with E-state index in [1.54, 1.807) is 0 Å². The van der Waals surface area contributed by atoms with Gasteiger partial charge < -0.3 is 19.6 Å². The second-order valence-corrected chi connectivity index (χ2v) is 8.87. The van der Waals surface area contributed by atoms with Crippen LogP contribution < -0.4 is 4.90 Å². The van der Waals surface area contributed by atoms with Gasteiger partial charge in [0.2, 0.25) is 0 Å². The van der Waals surface area contributed by atoms with E-state index < -0.39 is 5.97 Å². The highest BCUT2D eigenvalue weighted by molar-refractivity contribution is 6.01. The fourth-order valence-electron chi connectivity index (χ4n) is 4.16. The lowest BCUT2D eigenvalue weighted by molar-refractivity contribution is -0.137. The van der Waals surface area contributed by atoms with Gasteiger partial charge in [0.15, 0.2) is 0 Å². The van der Waals surface area contributed by atoms with Crippen LogP contribution in [0.2, 0.25) is 0 Å². The van der Waals surface area contributed by atoms with E-state index in [1.807, 2.05) is 13.8 Å². The highest BCUT2D eigenvalue weighted by Gasteiger charge is 2.38. The van der Waals surface area contributed by atoms with Gasteiger partial charge >= 0.3 is 5.97 Å². The first-order chi connectivity index (χ1) is 13.3. The minimum Gasteiger partial charge on any atom is -0.480 e. The van der Waals surface area contributed by atoms with E-state index in [0.717, 1.165) is 49.5 Å². The minimum absolute atomic E-state index is 0.224. The van der Waals surface area contributed by atoms with Crippen LogP contribution in [0.15, 0.2) is 0 Å². The summed E-state index contributed by atoms with van der Waals surface area (Å²) in [4.78, 5) is 32.1. The molecule has 4 rings (SSSR count). The number of ether oxygens (including phenoxy) is 1. The number of anilines is 1. The molecule has 152 valence electrons. The van der Waals surface area contributed by atoms with Crippen LogP contribution in [0.4, 0.5) is 5.82 Å². The number of rotatable bonds is 6. The Morgan fingerprint density at radius 2 is 1.93 bits per heavy atom. The molecule has 1 saturated carbocycles. The first kappa shape index (κ1) is 19.2. The molecule has 28 heavy (non-hydrogen) atoms. The normalized spacial score (nSPS) is 21.2. The molecule has 1 saturated heterocycles. The molecule has 1 N–H and O–H groups in total. The lowest BCUT2D eigenvalue weighted by atomic mass is 10.0. The van der Waals surface area contributed by atoms with Gasteiger partial charge in [0.1, 0.15) is 12.4 Å². The van der Waals surface area contributed by atoms with Crippen molar-refractivity contribution in [2.24, 2.45) is 5.41 Å². The maximum Gasteiger partial charge on any atom is 0.323 e. The number of carboxylic acids is 1. The maximum atomic E-state index is 12.6. The first-order valence-electron chi connectivity index (χ1n) is 10.1. The molecule has 7 nitrogen and oxygen atoms in total. The molecule has 3 heterocycles. The number of piperidine rings is 1. The fourth-order valence-corrected chi connectivity index (χ4v) is 4.16. The molecule has 0 atom stereocenters. The summed E-state index contributed by atoms with van der Waals surface area (Å²) < 4.78 is 6.13. The number of carbonyl (C=O) groups excluding carboxylic acids is 1. The van der Waals surface area contributed by atoms with Gasteiger partial charge in [0.05, 0.1) is 30.5 Å². The first-order valence-corrected chi connectivity index (χ1v) is 10.1. The Balaban J connectivity index is 1.46. The van der Waals surface area contributed by atoms with Crippen molar-refractivity contribution in [3.05, 3.63) is 22.4 Å². The molecule has 0 spiro atoms. The van der Waals surface area contributed by atoms with Crippen molar-refractivity contribution in [1.29, 1.82) is 0 Å². The highest BCUT2D eigenvalue weighted by atomic mass is 16.5. The Kier molecular flexibility index (Phi) is 4.81. The number of carbonyl (C=O) groups is 2. The molecule has 0 aromatic carbocycles. The predicted octanol–water partition coefficient (Wildman–Crippen LogP) is 2.52. The summed E-state index contributed by atoms with van der Waals surface area (Å²) in [5.41, 5.74) is 3.62. The topological polar surface area (TPSA) is 83.0 Å². The zero-order chi connectivity index (χ0) is 20.1. The molecule has 1 aromatic rings. The molecule has 1 amide bonds. The number of hydrogen-bond donors (Lipinski definition) is 1. The van der Waals surface area contributed by atoms with E-state index in [4.69, 9.17) is 14.8 Å². The largest absolute Gasteiger partial charge is 0.480 e. The minimum atomic E-state index is -1.00. The number of carboxylic acid groups (broad SMARTS) is 1. The summed E-state index contributed by atoms with van der Waals surface area (Å²) in [5.74, 6) is -0.301. The number of pyridine rings is 1. The average molecular weight is 387 g/mol. The lowest BCUT2D eigenvalue weighted by Gasteiger charge is -2.34. The zero-order valence-corrected chi connectivity index (χ0v) is 17.0. The van der Waals surface area contributed by atoms with Crippen molar-refractivity contribution in [3.63, 3.8) is 0 Å². The summed E-state index contributed by atoms with van der Waals surface area (Å²) in [7, 11) is 0. The molecule has 0 radical (unpaired) electrons. The summed E-state index contributed by atoms with van der Waals surface area (Å²) in [5, 5.41) is 9.04. The number of fused-ring (bicyclic) bond motifs is 1. The van der Waals surface area contributed by atoms with Crippen LogP contribution in [0.25, 0.3) is 0 Å². The van der Waals surface area contributed by atoms with Crippen LogP contribution in [0.5, 0.6) is 0 Å². The molecule has 2 aliphatic heterocycles. The lowest BCUT2D eigenvalue weighted by Crippen LogP contribution is -2.38. The second kappa shape index (κ2) is 7.03. The number of aliphatic carboxylic acids is 1. The van der Waals surface area contributed by atoms with Gasteiger partial charge in [-0.3, -0.25) is 9.59 Å². The summed E-state index contributed by atoms with van der Waals surface area (Å²) in [6.45, 7) is 8.86. The van der Waals surface area contributed by atoms with Crippen LogP contribution in [0.1, 0.15) is 59.8 Å². The van der Waals surface area contributed by atoms with Gasteiger partial charge in [-0.1, -0.05) is 6.92 Å².